The van der Waals surface area contributed by atoms with Crippen LogP contribution >= 0.6 is 15.9 Å². The monoisotopic (exact) mass is 308 g/mol. The minimum Gasteiger partial charge on any atom is -0.397 e. The smallest absolute Gasteiger partial charge is 0.187 e. The summed E-state index contributed by atoms with van der Waals surface area (Å²) in [7, 11) is 0. The molecule has 0 bridgehead atoms. The molecule has 0 aliphatic heterocycles. The second-order valence-electron chi connectivity index (χ2n) is 3.79. The highest BCUT2D eigenvalue weighted by molar-refractivity contribution is 9.10. The number of nitrogens with two attached hydrogens (primary N) is 1. The first kappa shape index (κ1) is 12.7. The van der Waals surface area contributed by atoms with Crippen LogP contribution in [0.25, 0.3) is 0 Å². The van der Waals surface area contributed by atoms with Crippen molar-refractivity contribution in [3.63, 3.8) is 0 Å². The number of rotatable bonds is 3. The zero-order valence-electron chi connectivity index (χ0n) is 9.36. The van der Waals surface area contributed by atoms with Gasteiger partial charge in [0.15, 0.2) is 5.78 Å². The number of hydrogen-bond acceptors (Lipinski definition) is 3. The lowest BCUT2D eigenvalue weighted by Gasteiger charge is -2.04. The Morgan fingerprint density at radius 1 is 1.39 bits per heavy atom. The molecule has 2 aromatic rings. The van der Waals surface area contributed by atoms with E-state index in [0.717, 1.165) is 0 Å². The van der Waals surface area contributed by atoms with Gasteiger partial charge in [0.1, 0.15) is 11.5 Å². The van der Waals surface area contributed by atoms with E-state index in [4.69, 9.17) is 5.73 Å². The van der Waals surface area contributed by atoms with Crippen LogP contribution < -0.4 is 5.73 Å². The highest BCUT2D eigenvalue weighted by atomic mass is 79.9. The largest absolute Gasteiger partial charge is 0.397 e. The Labute approximate surface area is 112 Å². The summed E-state index contributed by atoms with van der Waals surface area (Å²) >= 11 is 3.08. The quantitative estimate of drug-likeness (QED) is 0.887. The number of anilines is 1. The van der Waals surface area contributed by atoms with Crippen LogP contribution in [0.3, 0.4) is 0 Å². The zero-order chi connectivity index (χ0) is 13.1. The first-order valence-corrected chi connectivity index (χ1v) is 6.05. The van der Waals surface area contributed by atoms with E-state index in [1.54, 1.807) is 24.3 Å². The van der Waals surface area contributed by atoms with Crippen LogP contribution in [0.15, 0.2) is 41.0 Å². The van der Waals surface area contributed by atoms with Crippen LogP contribution in [0.1, 0.15) is 16.1 Å². The Morgan fingerprint density at radius 2 is 2.17 bits per heavy atom. The summed E-state index contributed by atoms with van der Waals surface area (Å²) in [5.74, 6) is -0.546. The van der Waals surface area contributed by atoms with E-state index in [9.17, 15) is 9.18 Å². The molecule has 18 heavy (non-hydrogen) atoms. The van der Waals surface area contributed by atoms with Crippen molar-refractivity contribution < 1.29 is 9.18 Å². The van der Waals surface area contributed by atoms with Crippen LogP contribution in [0, 0.1) is 5.82 Å². The third-order valence-corrected chi connectivity index (χ3v) is 3.06. The average molecular weight is 309 g/mol. The maximum absolute atomic E-state index is 13.1. The fourth-order valence-electron chi connectivity index (χ4n) is 1.57. The summed E-state index contributed by atoms with van der Waals surface area (Å²) in [6.07, 6.45) is 1.66. The number of carbonyl (C=O) groups is 1. The van der Waals surface area contributed by atoms with Crippen molar-refractivity contribution in [1.82, 2.24) is 4.98 Å². The van der Waals surface area contributed by atoms with Crippen LogP contribution in [0.2, 0.25) is 0 Å². The van der Waals surface area contributed by atoms with Gasteiger partial charge in [-0.1, -0.05) is 6.07 Å². The lowest BCUT2D eigenvalue weighted by molar-refractivity contribution is 0.0989. The molecule has 2 rings (SSSR count). The molecule has 2 N–H and O–H groups in total. The Balaban J connectivity index is 2.22. The van der Waals surface area contributed by atoms with Gasteiger partial charge in [0.2, 0.25) is 0 Å². The number of ketones is 1. The highest BCUT2D eigenvalue weighted by Gasteiger charge is 2.12. The maximum atomic E-state index is 13.1. The Kier molecular flexibility index (Phi) is 3.72. The standard InChI is InChI=1S/C13H10BrFN2O/c14-9-6-8(3-4-10(9)15)7-12(18)13-11(16)2-1-5-17-13/h1-6H,7,16H2. The minimum atomic E-state index is -0.358. The molecule has 0 saturated heterocycles. The van der Waals surface area contributed by atoms with Crippen molar-refractivity contribution in [1.29, 1.82) is 0 Å². The van der Waals surface area contributed by atoms with Crippen molar-refractivity contribution in [3.05, 3.63) is 58.1 Å². The molecule has 0 radical (unpaired) electrons. The van der Waals surface area contributed by atoms with Gasteiger partial charge in [-0.25, -0.2) is 4.39 Å². The summed E-state index contributed by atoms with van der Waals surface area (Å²) < 4.78 is 13.4. The number of aromatic nitrogens is 1. The van der Waals surface area contributed by atoms with Crippen molar-refractivity contribution >= 4 is 27.4 Å². The lowest BCUT2D eigenvalue weighted by Crippen LogP contribution is -2.09. The SMILES string of the molecule is Nc1cccnc1C(=O)Cc1ccc(F)c(Br)c1. The summed E-state index contributed by atoms with van der Waals surface area (Å²) in [6.45, 7) is 0. The molecule has 0 amide bonds. The molecular weight excluding hydrogens is 299 g/mol. The molecule has 3 nitrogen and oxygen atoms in total. The summed E-state index contributed by atoms with van der Waals surface area (Å²) in [5, 5.41) is 0. The molecule has 0 saturated carbocycles. The Morgan fingerprint density at radius 3 is 2.83 bits per heavy atom. The molecule has 5 heteroatoms. The molecule has 1 heterocycles. The van der Waals surface area contributed by atoms with Crippen LogP contribution in [-0.2, 0) is 6.42 Å². The van der Waals surface area contributed by atoms with Crippen molar-refractivity contribution in [2.24, 2.45) is 0 Å². The molecular formula is C13H10BrFN2O. The second-order valence-corrected chi connectivity index (χ2v) is 4.64. The number of hydrogen-bond donors (Lipinski definition) is 1. The van der Waals surface area contributed by atoms with Gasteiger partial charge in [0.05, 0.1) is 10.2 Å². The summed E-state index contributed by atoms with van der Waals surface area (Å²) in [6, 6.07) is 7.75. The zero-order valence-corrected chi connectivity index (χ0v) is 10.9. The van der Waals surface area contributed by atoms with Gasteiger partial charge in [-0.2, -0.15) is 0 Å². The van der Waals surface area contributed by atoms with Crippen LogP contribution in [0.4, 0.5) is 10.1 Å². The predicted molar refractivity (Wildman–Crippen MR) is 70.8 cm³/mol. The molecule has 92 valence electrons. The molecule has 1 aromatic carbocycles. The van der Waals surface area contributed by atoms with Crippen molar-refractivity contribution in [2.75, 3.05) is 5.73 Å². The minimum absolute atomic E-state index is 0.139. The third kappa shape index (κ3) is 2.73. The lowest BCUT2D eigenvalue weighted by atomic mass is 10.1. The first-order chi connectivity index (χ1) is 8.58. The van der Waals surface area contributed by atoms with Gasteiger partial charge in [-0.15, -0.1) is 0 Å². The molecule has 0 atom stereocenters. The summed E-state index contributed by atoms with van der Waals surface area (Å²) in [5.41, 5.74) is 6.98. The van der Waals surface area contributed by atoms with E-state index >= 15 is 0 Å². The topological polar surface area (TPSA) is 56.0 Å². The predicted octanol–water partition coefficient (Wildman–Crippen LogP) is 2.99. The van der Waals surface area contributed by atoms with Crippen LogP contribution in [0.5, 0.6) is 0 Å². The van der Waals surface area contributed by atoms with Crippen molar-refractivity contribution in [3.8, 4) is 0 Å². The van der Waals surface area contributed by atoms with E-state index in [1.807, 2.05) is 0 Å². The van der Waals surface area contributed by atoms with Crippen molar-refractivity contribution in [2.45, 2.75) is 6.42 Å². The van der Waals surface area contributed by atoms with Gasteiger partial charge in [-0.05, 0) is 45.8 Å². The Hall–Kier alpha value is -1.75. The normalized spacial score (nSPS) is 10.3. The fourth-order valence-corrected chi connectivity index (χ4v) is 2.00. The molecule has 0 fully saturated rings. The third-order valence-electron chi connectivity index (χ3n) is 2.45. The fraction of sp³-hybridized carbons (Fsp3) is 0.0769. The molecule has 0 spiro atoms. The number of nitrogen functional groups attached to an aromatic ring is 1. The molecule has 0 aliphatic rings. The number of benzene rings is 1. The van der Waals surface area contributed by atoms with E-state index in [1.165, 1.54) is 12.3 Å². The van der Waals surface area contributed by atoms with Gasteiger partial charge >= 0.3 is 0 Å². The van der Waals surface area contributed by atoms with Gasteiger partial charge in [-0.3, -0.25) is 9.78 Å². The first-order valence-electron chi connectivity index (χ1n) is 5.25. The van der Waals surface area contributed by atoms with Gasteiger partial charge in [0.25, 0.3) is 0 Å². The van der Waals surface area contributed by atoms with E-state index in [2.05, 4.69) is 20.9 Å². The molecule has 0 aliphatic carbocycles. The number of carbonyl (C=O) groups excluding carboxylic acids is 1. The number of nitrogens with zero attached hydrogens (tertiary/aromatic N) is 1. The van der Waals surface area contributed by atoms with E-state index < -0.39 is 0 Å². The van der Waals surface area contributed by atoms with Gasteiger partial charge < -0.3 is 5.73 Å². The number of pyridine rings is 1. The summed E-state index contributed by atoms with van der Waals surface area (Å²) in [4.78, 5) is 15.9. The highest BCUT2D eigenvalue weighted by Crippen LogP contribution is 2.18. The molecule has 0 unspecified atom stereocenters. The maximum Gasteiger partial charge on any atom is 0.187 e. The van der Waals surface area contributed by atoms with Gasteiger partial charge in [0, 0.05) is 12.6 Å². The number of halogens is 2. The molecule has 1 aromatic heterocycles. The number of Topliss-reactive ketones (excluding diaryl/α,β-unsaturated/α-hetero) is 1. The van der Waals surface area contributed by atoms with E-state index in [-0.39, 0.29) is 23.7 Å². The average Bonchev–Trinajstić information content (AvgIpc) is 2.34. The van der Waals surface area contributed by atoms with Crippen LogP contribution in [-0.4, -0.2) is 10.8 Å². The second kappa shape index (κ2) is 5.27. The Bertz CT molecular complexity index is 601. The van der Waals surface area contributed by atoms with E-state index in [0.29, 0.717) is 15.7 Å².